The number of rotatable bonds is 5. The Hall–Kier alpha value is -1.69. The number of likely N-dealkylation sites (tertiary alicyclic amines) is 1. The average Bonchev–Trinajstić information content (AvgIpc) is 2.87. The molecule has 0 aliphatic carbocycles. The maximum absolute atomic E-state index is 12.2. The summed E-state index contributed by atoms with van der Waals surface area (Å²) in [4.78, 5) is 14.0. The van der Waals surface area contributed by atoms with Crippen LogP contribution in [0.25, 0.3) is 0 Å². The Kier molecular flexibility index (Phi) is 4.89. The third-order valence-corrected chi connectivity index (χ3v) is 3.47. The van der Waals surface area contributed by atoms with Crippen LogP contribution in [0.5, 0.6) is 5.75 Å². The van der Waals surface area contributed by atoms with E-state index >= 15 is 0 Å². The van der Waals surface area contributed by atoms with Crippen molar-refractivity contribution in [1.29, 1.82) is 0 Å². The van der Waals surface area contributed by atoms with Crippen molar-refractivity contribution in [2.24, 2.45) is 11.7 Å². The monoisotopic (exact) mass is 284 g/mol. The predicted molar refractivity (Wildman–Crippen MR) is 70.8 cm³/mol. The highest BCUT2D eigenvalue weighted by Gasteiger charge is 2.26. The van der Waals surface area contributed by atoms with Crippen molar-refractivity contribution in [1.82, 2.24) is 4.90 Å². The highest BCUT2D eigenvalue weighted by molar-refractivity contribution is 5.94. The topological polar surface area (TPSA) is 55.6 Å². The summed E-state index contributed by atoms with van der Waals surface area (Å²) < 4.78 is 28.3. The Morgan fingerprint density at radius 2 is 2.10 bits per heavy atom. The number of amides is 1. The average molecular weight is 284 g/mol. The van der Waals surface area contributed by atoms with E-state index in [1.165, 1.54) is 24.3 Å². The lowest BCUT2D eigenvalue weighted by Gasteiger charge is -2.16. The number of alkyl halides is 2. The van der Waals surface area contributed by atoms with E-state index in [0.29, 0.717) is 24.6 Å². The number of hydrogen-bond acceptors (Lipinski definition) is 3. The Morgan fingerprint density at radius 3 is 2.70 bits per heavy atom. The van der Waals surface area contributed by atoms with Gasteiger partial charge in [-0.2, -0.15) is 8.78 Å². The summed E-state index contributed by atoms with van der Waals surface area (Å²) in [6.07, 6.45) is 1.89. The zero-order valence-corrected chi connectivity index (χ0v) is 11.1. The second kappa shape index (κ2) is 6.65. The van der Waals surface area contributed by atoms with Crippen LogP contribution in [0.2, 0.25) is 0 Å². The van der Waals surface area contributed by atoms with E-state index in [4.69, 9.17) is 5.73 Å². The van der Waals surface area contributed by atoms with Gasteiger partial charge in [-0.05, 0) is 49.6 Å². The number of benzene rings is 1. The van der Waals surface area contributed by atoms with Crippen molar-refractivity contribution < 1.29 is 18.3 Å². The molecule has 1 saturated heterocycles. The molecule has 1 aromatic rings. The SMILES string of the molecule is NCCC1CCN(C(=O)c2ccc(OC(F)F)cc2)C1. The minimum absolute atomic E-state index is 0.0546. The fraction of sp³-hybridized carbons (Fsp3) is 0.500. The minimum Gasteiger partial charge on any atom is -0.435 e. The van der Waals surface area contributed by atoms with E-state index in [1.54, 1.807) is 4.90 Å². The number of hydrogen-bond donors (Lipinski definition) is 1. The highest BCUT2D eigenvalue weighted by atomic mass is 19.3. The van der Waals surface area contributed by atoms with Gasteiger partial charge < -0.3 is 15.4 Å². The van der Waals surface area contributed by atoms with Crippen LogP contribution in [-0.4, -0.2) is 37.1 Å². The molecule has 0 bridgehead atoms. The number of ether oxygens (including phenoxy) is 1. The molecule has 110 valence electrons. The van der Waals surface area contributed by atoms with Crippen molar-refractivity contribution in [2.45, 2.75) is 19.5 Å². The summed E-state index contributed by atoms with van der Waals surface area (Å²) in [7, 11) is 0. The van der Waals surface area contributed by atoms with Gasteiger partial charge in [-0.25, -0.2) is 0 Å². The summed E-state index contributed by atoms with van der Waals surface area (Å²) in [6, 6.07) is 5.78. The van der Waals surface area contributed by atoms with Gasteiger partial charge in [0, 0.05) is 18.7 Å². The standard InChI is InChI=1S/C14H18F2N2O2/c15-14(16)20-12-3-1-11(2-4-12)13(19)18-8-6-10(9-18)5-7-17/h1-4,10,14H,5-9,17H2. The predicted octanol–water partition coefficient (Wildman–Crippen LogP) is 2.10. The third-order valence-electron chi connectivity index (χ3n) is 3.47. The summed E-state index contributed by atoms with van der Waals surface area (Å²) in [5.41, 5.74) is 6.00. The maximum Gasteiger partial charge on any atom is 0.387 e. The number of halogens is 2. The molecular formula is C14H18F2N2O2. The first-order valence-corrected chi connectivity index (χ1v) is 6.64. The first-order valence-electron chi connectivity index (χ1n) is 6.64. The molecule has 2 rings (SSSR count). The molecule has 2 N–H and O–H groups in total. The van der Waals surface area contributed by atoms with E-state index in [1.807, 2.05) is 0 Å². The quantitative estimate of drug-likeness (QED) is 0.901. The van der Waals surface area contributed by atoms with Crippen LogP contribution in [0.15, 0.2) is 24.3 Å². The van der Waals surface area contributed by atoms with Crippen molar-refractivity contribution in [2.75, 3.05) is 19.6 Å². The zero-order valence-electron chi connectivity index (χ0n) is 11.1. The van der Waals surface area contributed by atoms with Crippen LogP contribution >= 0.6 is 0 Å². The van der Waals surface area contributed by atoms with Gasteiger partial charge in [-0.15, -0.1) is 0 Å². The maximum atomic E-state index is 12.2. The molecule has 0 spiro atoms. The Bertz CT molecular complexity index is 451. The minimum atomic E-state index is -2.85. The molecule has 1 aliphatic rings. The zero-order chi connectivity index (χ0) is 14.5. The molecule has 1 atom stereocenters. The molecule has 1 amide bonds. The Balaban J connectivity index is 1.96. The molecule has 1 aliphatic heterocycles. The summed E-state index contributed by atoms with van der Waals surface area (Å²) in [6.45, 7) is -0.789. The lowest BCUT2D eigenvalue weighted by atomic mass is 10.1. The molecule has 1 heterocycles. The second-order valence-electron chi connectivity index (χ2n) is 4.89. The van der Waals surface area contributed by atoms with E-state index in [2.05, 4.69) is 4.74 Å². The number of nitrogens with zero attached hydrogens (tertiary/aromatic N) is 1. The summed E-state index contributed by atoms with van der Waals surface area (Å²) >= 11 is 0. The van der Waals surface area contributed by atoms with Crippen molar-refractivity contribution in [3.8, 4) is 5.75 Å². The fourth-order valence-electron chi connectivity index (χ4n) is 2.45. The summed E-state index contributed by atoms with van der Waals surface area (Å²) in [5, 5.41) is 0. The van der Waals surface area contributed by atoms with E-state index in [0.717, 1.165) is 19.4 Å². The molecule has 0 radical (unpaired) electrons. The van der Waals surface area contributed by atoms with E-state index in [-0.39, 0.29) is 11.7 Å². The normalized spacial score (nSPS) is 18.6. The summed E-state index contributed by atoms with van der Waals surface area (Å²) in [5.74, 6) is 0.442. The second-order valence-corrected chi connectivity index (χ2v) is 4.89. The number of nitrogens with two attached hydrogens (primary N) is 1. The van der Waals surface area contributed by atoms with E-state index < -0.39 is 6.61 Å². The molecule has 0 aromatic heterocycles. The first kappa shape index (κ1) is 14.7. The van der Waals surface area contributed by atoms with Crippen LogP contribution in [0, 0.1) is 5.92 Å². The smallest absolute Gasteiger partial charge is 0.387 e. The first-order chi connectivity index (χ1) is 9.60. The van der Waals surface area contributed by atoms with Crippen molar-refractivity contribution >= 4 is 5.91 Å². The number of carbonyl (C=O) groups excluding carboxylic acids is 1. The van der Waals surface area contributed by atoms with Gasteiger partial charge in [-0.1, -0.05) is 0 Å². The van der Waals surface area contributed by atoms with Crippen LogP contribution in [0.1, 0.15) is 23.2 Å². The van der Waals surface area contributed by atoms with Gasteiger partial charge in [-0.3, -0.25) is 4.79 Å². The number of carbonyl (C=O) groups is 1. The van der Waals surface area contributed by atoms with Gasteiger partial charge in [0.15, 0.2) is 0 Å². The van der Waals surface area contributed by atoms with E-state index in [9.17, 15) is 13.6 Å². The van der Waals surface area contributed by atoms with Gasteiger partial charge in [0.1, 0.15) is 5.75 Å². The molecule has 6 heteroatoms. The molecule has 1 unspecified atom stereocenters. The molecule has 0 saturated carbocycles. The molecular weight excluding hydrogens is 266 g/mol. The Labute approximate surface area is 116 Å². The lowest BCUT2D eigenvalue weighted by Crippen LogP contribution is -2.28. The van der Waals surface area contributed by atoms with Crippen molar-refractivity contribution in [3.63, 3.8) is 0 Å². The van der Waals surface area contributed by atoms with Crippen LogP contribution in [0.4, 0.5) is 8.78 Å². The molecule has 4 nitrogen and oxygen atoms in total. The van der Waals surface area contributed by atoms with Gasteiger partial charge in [0.2, 0.25) is 0 Å². The van der Waals surface area contributed by atoms with Gasteiger partial charge >= 0.3 is 6.61 Å². The largest absolute Gasteiger partial charge is 0.435 e. The lowest BCUT2D eigenvalue weighted by molar-refractivity contribution is -0.0498. The van der Waals surface area contributed by atoms with Gasteiger partial charge in [0.25, 0.3) is 5.91 Å². The third kappa shape index (κ3) is 3.66. The van der Waals surface area contributed by atoms with Crippen LogP contribution in [-0.2, 0) is 0 Å². The molecule has 20 heavy (non-hydrogen) atoms. The Morgan fingerprint density at radius 1 is 1.40 bits per heavy atom. The van der Waals surface area contributed by atoms with Gasteiger partial charge in [0.05, 0.1) is 0 Å². The van der Waals surface area contributed by atoms with Crippen molar-refractivity contribution in [3.05, 3.63) is 29.8 Å². The van der Waals surface area contributed by atoms with Crippen LogP contribution in [0.3, 0.4) is 0 Å². The molecule has 1 fully saturated rings. The fourth-order valence-corrected chi connectivity index (χ4v) is 2.45. The van der Waals surface area contributed by atoms with Crippen LogP contribution < -0.4 is 10.5 Å². The highest BCUT2D eigenvalue weighted by Crippen LogP contribution is 2.22. The molecule has 1 aromatic carbocycles.